The fourth-order valence-corrected chi connectivity index (χ4v) is 2.27. The normalized spacial score (nSPS) is 10.7. The number of fused-ring (bicyclic) bond motifs is 1. The number of hydrogen-bond donors (Lipinski definition) is 1. The predicted octanol–water partition coefficient (Wildman–Crippen LogP) is 2.93. The maximum atomic E-state index is 11.8. The van der Waals surface area contributed by atoms with Crippen LogP contribution in [0.3, 0.4) is 0 Å². The lowest BCUT2D eigenvalue weighted by atomic mass is 10.1. The van der Waals surface area contributed by atoms with Crippen molar-refractivity contribution in [3.05, 3.63) is 38.3 Å². The maximum absolute atomic E-state index is 11.8. The van der Waals surface area contributed by atoms with Crippen molar-refractivity contribution in [1.29, 1.82) is 0 Å². The van der Waals surface area contributed by atoms with Crippen LogP contribution in [0.2, 0.25) is 0 Å². The van der Waals surface area contributed by atoms with Gasteiger partial charge in [-0.05, 0) is 25.5 Å². The third kappa shape index (κ3) is 2.88. The van der Waals surface area contributed by atoms with Gasteiger partial charge in [0.1, 0.15) is 0 Å². The van der Waals surface area contributed by atoms with Crippen LogP contribution in [0.1, 0.15) is 25.5 Å². The Morgan fingerprint density at radius 2 is 1.95 bits per heavy atom. The van der Waals surface area contributed by atoms with Crippen molar-refractivity contribution in [3.8, 4) is 11.5 Å². The third-order valence-electron chi connectivity index (χ3n) is 3.42. The lowest BCUT2D eigenvalue weighted by Gasteiger charge is -2.12. The van der Waals surface area contributed by atoms with Gasteiger partial charge < -0.3 is 14.5 Å². The highest BCUT2D eigenvalue weighted by Crippen LogP contribution is 2.36. The first kappa shape index (κ1) is 15.8. The molecule has 0 spiro atoms. The number of rotatable bonds is 6. The number of pyridine rings is 1. The molecular weight excluding hydrogens is 288 g/mol. The van der Waals surface area contributed by atoms with E-state index >= 15 is 0 Å². The highest BCUT2D eigenvalue weighted by atomic mass is 16.6. The largest absolute Gasteiger partial charge is 0.493 e. The number of aryl methyl sites for hydroxylation is 1. The molecule has 0 aliphatic heterocycles. The zero-order valence-corrected chi connectivity index (χ0v) is 12.8. The molecule has 1 N–H and O–H groups in total. The van der Waals surface area contributed by atoms with Gasteiger partial charge in [0.25, 0.3) is 0 Å². The molecule has 0 unspecified atom stereocenters. The summed E-state index contributed by atoms with van der Waals surface area (Å²) in [5, 5.41) is 12.0. The van der Waals surface area contributed by atoms with Gasteiger partial charge in [0, 0.05) is 11.1 Å². The number of benzene rings is 1. The van der Waals surface area contributed by atoms with E-state index in [9.17, 15) is 14.9 Å². The molecule has 2 rings (SSSR count). The molecule has 0 aliphatic carbocycles. The Kier molecular flexibility index (Phi) is 4.65. The molecule has 7 nitrogen and oxygen atoms in total. The van der Waals surface area contributed by atoms with E-state index in [0.29, 0.717) is 29.2 Å². The van der Waals surface area contributed by atoms with Crippen LogP contribution in [-0.2, 0) is 0 Å². The SMILES string of the molecule is CCCCOc1cc2c(C)[nH]c(=O)c([N+](=O)[O-])c2cc1OC. The molecule has 2 aromatic rings. The van der Waals surface area contributed by atoms with E-state index in [2.05, 4.69) is 11.9 Å². The summed E-state index contributed by atoms with van der Waals surface area (Å²) in [7, 11) is 1.46. The van der Waals surface area contributed by atoms with E-state index in [0.717, 1.165) is 12.8 Å². The van der Waals surface area contributed by atoms with Crippen molar-refractivity contribution < 1.29 is 14.4 Å². The van der Waals surface area contributed by atoms with Gasteiger partial charge in [0.2, 0.25) is 0 Å². The molecule has 118 valence electrons. The van der Waals surface area contributed by atoms with Gasteiger partial charge >= 0.3 is 11.2 Å². The quantitative estimate of drug-likeness (QED) is 0.503. The van der Waals surface area contributed by atoms with Crippen molar-refractivity contribution >= 4 is 16.5 Å². The molecule has 7 heteroatoms. The lowest BCUT2D eigenvalue weighted by molar-refractivity contribution is -0.384. The summed E-state index contributed by atoms with van der Waals surface area (Å²) >= 11 is 0. The summed E-state index contributed by atoms with van der Waals surface area (Å²) in [5.74, 6) is 0.879. The Bertz CT molecular complexity index is 767. The summed E-state index contributed by atoms with van der Waals surface area (Å²) in [4.78, 5) is 24.8. The van der Waals surface area contributed by atoms with Gasteiger partial charge in [-0.25, -0.2) is 0 Å². The number of nitro groups is 1. The highest BCUT2D eigenvalue weighted by molar-refractivity contribution is 5.94. The van der Waals surface area contributed by atoms with E-state index in [-0.39, 0.29) is 5.39 Å². The number of unbranched alkanes of at least 4 members (excludes halogenated alkanes) is 1. The van der Waals surface area contributed by atoms with Gasteiger partial charge in [0.05, 0.1) is 24.0 Å². The van der Waals surface area contributed by atoms with Gasteiger partial charge in [-0.15, -0.1) is 0 Å². The first-order valence-corrected chi connectivity index (χ1v) is 7.01. The second-order valence-electron chi connectivity index (χ2n) is 4.94. The van der Waals surface area contributed by atoms with E-state index < -0.39 is 16.2 Å². The first-order valence-electron chi connectivity index (χ1n) is 7.01. The minimum atomic E-state index is -0.725. The molecule has 0 radical (unpaired) electrons. The zero-order chi connectivity index (χ0) is 16.3. The Balaban J connectivity index is 2.67. The van der Waals surface area contributed by atoms with Crippen molar-refractivity contribution in [1.82, 2.24) is 4.98 Å². The van der Waals surface area contributed by atoms with Crippen LogP contribution in [-0.4, -0.2) is 23.6 Å². The minimum Gasteiger partial charge on any atom is -0.493 e. The van der Waals surface area contributed by atoms with Crippen LogP contribution in [0, 0.1) is 17.0 Å². The topological polar surface area (TPSA) is 94.5 Å². The van der Waals surface area contributed by atoms with Crippen LogP contribution < -0.4 is 15.0 Å². The molecule has 22 heavy (non-hydrogen) atoms. The summed E-state index contributed by atoms with van der Waals surface area (Å²) < 4.78 is 10.9. The number of nitrogens with one attached hydrogen (secondary N) is 1. The molecule has 1 aromatic heterocycles. The van der Waals surface area contributed by atoms with Crippen LogP contribution in [0.15, 0.2) is 16.9 Å². The number of methoxy groups -OCH3 is 1. The average Bonchev–Trinajstić information content (AvgIpc) is 2.46. The standard InChI is InChI=1S/C15H18N2O5/c1-4-5-6-22-13-7-10-9(2)16-15(18)14(17(19)20)11(10)8-12(13)21-3/h7-8H,4-6H2,1-3H3,(H,16,18). The monoisotopic (exact) mass is 306 g/mol. The fraction of sp³-hybridized carbons (Fsp3) is 0.400. The Morgan fingerprint density at radius 1 is 1.27 bits per heavy atom. The van der Waals surface area contributed by atoms with Gasteiger partial charge in [-0.2, -0.15) is 0 Å². The van der Waals surface area contributed by atoms with Crippen LogP contribution >= 0.6 is 0 Å². The van der Waals surface area contributed by atoms with Crippen LogP contribution in [0.5, 0.6) is 11.5 Å². The molecule has 0 saturated heterocycles. The lowest BCUT2D eigenvalue weighted by Crippen LogP contribution is -2.13. The van der Waals surface area contributed by atoms with Gasteiger partial charge in [-0.3, -0.25) is 14.9 Å². The minimum absolute atomic E-state index is 0.242. The Morgan fingerprint density at radius 3 is 2.55 bits per heavy atom. The summed E-state index contributed by atoms with van der Waals surface area (Å²) in [5.41, 5.74) is -0.663. The Labute approximate surface area is 127 Å². The van der Waals surface area contributed by atoms with Crippen molar-refractivity contribution in [2.75, 3.05) is 13.7 Å². The summed E-state index contributed by atoms with van der Waals surface area (Å²) in [6, 6.07) is 3.15. The van der Waals surface area contributed by atoms with E-state index in [4.69, 9.17) is 9.47 Å². The van der Waals surface area contributed by atoms with Gasteiger partial charge in [0.15, 0.2) is 11.5 Å². The molecule has 0 saturated carbocycles. The summed E-state index contributed by atoms with van der Waals surface area (Å²) in [6.45, 7) is 4.28. The molecular formula is C15H18N2O5. The van der Waals surface area contributed by atoms with Crippen LogP contribution in [0.25, 0.3) is 10.8 Å². The number of hydrogen-bond acceptors (Lipinski definition) is 5. The summed E-state index contributed by atoms with van der Waals surface area (Å²) in [6.07, 6.45) is 1.89. The number of aromatic nitrogens is 1. The Hall–Kier alpha value is -2.57. The van der Waals surface area contributed by atoms with Crippen molar-refractivity contribution in [3.63, 3.8) is 0 Å². The third-order valence-corrected chi connectivity index (χ3v) is 3.42. The second kappa shape index (κ2) is 6.46. The molecule has 0 bridgehead atoms. The first-order chi connectivity index (χ1) is 10.5. The van der Waals surface area contributed by atoms with Crippen molar-refractivity contribution in [2.45, 2.75) is 26.7 Å². The molecule has 1 heterocycles. The van der Waals surface area contributed by atoms with E-state index in [1.807, 2.05) is 0 Å². The van der Waals surface area contributed by atoms with E-state index in [1.165, 1.54) is 13.2 Å². The number of aromatic amines is 1. The molecule has 0 fully saturated rings. The molecule has 0 amide bonds. The average molecular weight is 306 g/mol. The highest BCUT2D eigenvalue weighted by Gasteiger charge is 2.21. The molecule has 1 aromatic carbocycles. The van der Waals surface area contributed by atoms with Crippen molar-refractivity contribution in [2.24, 2.45) is 0 Å². The zero-order valence-electron chi connectivity index (χ0n) is 12.8. The second-order valence-corrected chi connectivity index (χ2v) is 4.94. The molecule has 0 atom stereocenters. The number of nitrogens with zero attached hydrogens (tertiary/aromatic N) is 1. The number of H-pyrrole nitrogens is 1. The van der Waals surface area contributed by atoms with E-state index in [1.54, 1.807) is 13.0 Å². The maximum Gasteiger partial charge on any atom is 0.341 e. The number of ether oxygens (including phenoxy) is 2. The van der Waals surface area contributed by atoms with Crippen LogP contribution in [0.4, 0.5) is 5.69 Å². The predicted molar refractivity (Wildman–Crippen MR) is 82.9 cm³/mol. The van der Waals surface area contributed by atoms with Gasteiger partial charge in [-0.1, -0.05) is 13.3 Å². The smallest absolute Gasteiger partial charge is 0.341 e. The fourth-order valence-electron chi connectivity index (χ4n) is 2.27. The molecule has 0 aliphatic rings.